The lowest BCUT2D eigenvalue weighted by atomic mass is 10.2. The molecule has 0 aliphatic carbocycles. The van der Waals surface area contributed by atoms with E-state index in [0.29, 0.717) is 22.8 Å². The molecule has 0 bridgehead atoms. The second kappa shape index (κ2) is 13.0. The van der Waals surface area contributed by atoms with Gasteiger partial charge in [0.15, 0.2) is 0 Å². The second-order valence-corrected chi connectivity index (χ2v) is 8.34. The quantitative estimate of drug-likeness (QED) is 0.237. The van der Waals surface area contributed by atoms with Crippen molar-refractivity contribution in [1.29, 1.82) is 0 Å². The van der Waals surface area contributed by atoms with Crippen LogP contribution in [0.5, 0.6) is 0 Å². The van der Waals surface area contributed by atoms with Gasteiger partial charge in [-0.05, 0) is 36.4 Å². The van der Waals surface area contributed by atoms with Crippen LogP contribution in [-0.4, -0.2) is 82.1 Å². The van der Waals surface area contributed by atoms with Crippen LogP contribution in [0.15, 0.2) is 54.6 Å². The van der Waals surface area contributed by atoms with E-state index < -0.39 is 23.9 Å². The fourth-order valence-electron chi connectivity index (χ4n) is 3.71. The zero-order valence-electron chi connectivity index (χ0n) is 20.1. The van der Waals surface area contributed by atoms with E-state index in [1.165, 1.54) is 24.3 Å². The van der Waals surface area contributed by atoms with Crippen molar-refractivity contribution < 1.29 is 39.6 Å². The first-order valence-electron chi connectivity index (χ1n) is 11.3. The number of carboxylic acids is 4. The molecule has 38 heavy (non-hydrogen) atoms. The van der Waals surface area contributed by atoms with Gasteiger partial charge in [-0.3, -0.25) is 24.4 Å². The van der Waals surface area contributed by atoms with E-state index in [-0.39, 0.29) is 50.7 Å². The van der Waals surface area contributed by atoms with E-state index in [2.05, 4.69) is 15.0 Å². The molecule has 3 aromatic heterocycles. The molecule has 0 unspecified atom stereocenters. The van der Waals surface area contributed by atoms with Crippen LogP contribution in [-0.2, 0) is 35.8 Å². The topological polar surface area (TPSA) is 194 Å². The molecular formula is C25H25N5O8. The van der Waals surface area contributed by atoms with Crippen molar-refractivity contribution in [1.82, 2.24) is 24.8 Å². The van der Waals surface area contributed by atoms with Crippen molar-refractivity contribution in [3.8, 4) is 0 Å². The number of rotatable bonds is 14. The summed E-state index contributed by atoms with van der Waals surface area (Å²) in [5.74, 6) is -4.55. The van der Waals surface area contributed by atoms with Crippen molar-refractivity contribution in [2.75, 3.05) is 13.1 Å². The molecule has 0 spiro atoms. The van der Waals surface area contributed by atoms with Crippen LogP contribution in [0.3, 0.4) is 0 Å². The highest BCUT2D eigenvalue weighted by molar-refractivity contribution is 5.85. The lowest BCUT2D eigenvalue weighted by Crippen LogP contribution is -2.31. The molecule has 0 saturated carbocycles. The molecule has 0 aromatic carbocycles. The number of carbonyl (C=O) groups is 4. The number of nitrogens with zero attached hydrogens (tertiary/aromatic N) is 5. The summed E-state index contributed by atoms with van der Waals surface area (Å²) >= 11 is 0. The van der Waals surface area contributed by atoms with Crippen molar-refractivity contribution in [3.63, 3.8) is 0 Å². The molecule has 0 atom stereocenters. The molecule has 13 heteroatoms. The van der Waals surface area contributed by atoms with Gasteiger partial charge in [-0.25, -0.2) is 19.6 Å². The maximum atomic E-state index is 11.4. The first-order chi connectivity index (χ1) is 18.1. The molecule has 0 aliphatic heterocycles. The summed E-state index contributed by atoms with van der Waals surface area (Å²) in [6, 6.07) is 14.0. The second-order valence-electron chi connectivity index (χ2n) is 8.34. The van der Waals surface area contributed by atoms with Gasteiger partial charge in [-0.15, -0.1) is 0 Å². The van der Waals surface area contributed by atoms with Gasteiger partial charge in [0.25, 0.3) is 0 Å². The molecule has 4 N–H and O–H groups in total. The predicted octanol–water partition coefficient (Wildman–Crippen LogP) is 1.44. The van der Waals surface area contributed by atoms with E-state index in [1.807, 2.05) is 0 Å². The van der Waals surface area contributed by atoms with Crippen LogP contribution < -0.4 is 0 Å². The molecule has 0 fully saturated rings. The number of hydrogen-bond acceptors (Lipinski definition) is 9. The number of aromatic carboxylic acids is 2. The van der Waals surface area contributed by atoms with Gasteiger partial charge in [0.1, 0.15) is 11.4 Å². The molecule has 0 amide bonds. The van der Waals surface area contributed by atoms with Crippen molar-refractivity contribution in [3.05, 3.63) is 88.8 Å². The Hall–Kier alpha value is -4.75. The average Bonchev–Trinajstić information content (AvgIpc) is 2.83. The zero-order chi connectivity index (χ0) is 27.7. The minimum Gasteiger partial charge on any atom is -0.480 e. The summed E-state index contributed by atoms with van der Waals surface area (Å²) in [6.45, 7) is -0.337. The Morgan fingerprint density at radius 2 is 0.842 bits per heavy atom. The molecule has 198 valence electrons. The van der Waals surface area contributed by atoms with E-state index >= 15 is 0 Å². The maximum absolute atomic E-state index is 11.4. The minimum atomic E-state index is -1.19. The molecule has 3 aromatic rings. The minimum absolute atomic E-state index is 0.0655. The fourth-order valence-corrected chi connectivity index (χ4v) is 3.71. The van der Waals surface area contributed by atoms with Crippen LogP contribution in [0.25, 0.3) is 0 Å². The van der Waals surface area contributed by atoms with Crippen LogP contribution >= 0.6 is 0 Å². The standard InChI is InChI=1S/C25H25N5O8/c31-22(32)14-29(12-18-6-2-8-20(27-18)24(35)36)10-16-4-1-5-17(26-16)11-30(15-23(33)34)13-19-7-3-9-21(28-19)25(37)38/h1-9H,10-15H2,(H,31,32)(H,33,34)(H,35,36)(H,37,38). The highest BCUT2D eigenvalue weighted by Gasteiger charge is 2.17. The van der Waals surface area contributed by atoms with Crippen LogP contribution in [0.1, 0.15) is 43.8 Å². The number of carboxylic acid groups (broad SMARTS) is 4. The lowest BCUT2D eigenvalue weighted by molar-refractivity contribution is -0.139. The summed E-state index contributed by atoms with van der Waals surface area (Å²) in [5.41, 5.74) is 1.48. The predicted molar refractivity (Wildman–Crippen MR) is 130 cm³/mol. The molecule has 0 radical (unpaired) electrons. The Balaban J connectivity index is 1.76. The zero-order valence-corrected chi connectivity index (χ0v) is 20.1. The first-order valence-corrected chi connectivity index (χ1v) is 11.3. The third kappa shape index (κ3) is 8.72. The summed E-state index contributed by atoms with van der Waals surface area (Å²) in [7, 11) is 0. The van der Waals surface area contributed by atoms with Gasteiger partial charge < -0.3 is 20.4 Å². The number of hydrogen-bond donors (Lipinski definition) is 4. The lowest BCUT2D eigenvalue weighted by Gasteiger charge is -2.22. The Morgan fingerprint density at radius 1 is 0.526 bits per heavy atom. The molecule has 13 nitrogen and oxygen atoms in total. The van der Waals surface area contributed by atoms with Crippen LogP contribution in [0.4, 0.5) is 0 Å². The molecule has 0 saturated heterocycles. The molecular weight excluding hydrogens is 498 g/mol. The number of aromatic nitrogens is 3. The third-order valence-electron chi connectivity index (χ3n) is 5.18. The Kier molecular flexibility index (Phi) is 9.51. The summed E-state index contributed by atoms with van der Waals surface area (Å²) < 4.78 is 0. The van der Waals surface area contributed by atoms with Crippen LogP contribution in [0.2, 0.25) is 0 Å². The fraction of sp³-hybridized carbons (Fsp3) is 0.240. The Labute approximate surface area is 216 Å². The maximum Gasteiger partial charge on any atom is 0.354 e. The van der Waals surface area contributed by atoms with Gasteiger partial charge in [0.05, 0.1) is 35.9 Å². The van der Waals surface area contributed by atoms with Gasteiger partial charge in [-0.2, -0.15) is 0 Å². The average molecular weight is 524 g/mol. The van der Waals surface area contributed by atoms with E-state index in [4.69, 9.17) is 10.2 Å². The SMILES string of the molecule is O=C(O)CN(Cc1cccc(CN(CC(=O)O)Cc2cccc(C(=O)O)n2)n1)Cc1cccc(C(=O)O)n1. The summed E-state index contributed by atoms with van der Waals surface area (Å²) in [6.07, 6.45) is 0. The van der Waals surface area contributed by atoms with Crippen molar-refractivity contribution >= 4 is 23.9 Å². The highest BCUT2D eigenvalue weighted by atomic mass is 16.4. The Morgan fingerprint density at radius 3 is 1.16 bits per heavy atom. The molecule has 3 heterocycles. The van der Waals surface area contributed by atoms with Crippen LogP contribution in [0, 0.1) is 0 Å². The smallest absolute Gasteiger partial charge is 0.354 e. The molecule has 3 rings (SSSR count). The number of pyridine rings is 3. The monoisotopic (exact) mass is 523 g/mol. The third-order valence-corrected chi connectivity index (χ3v) is 5.18. The van der Waals surface area contributed by atoms with Gasteiger partial charge in [-0.1, -0.05) is 18.2 Å². The summed E-state index contributed by atoms with van der Waals surface area (Å²) in [4.78, 5) is 61.0. The summed E-state index contributed by atoms with van der Waals surface area (Å²) in [5, 5.41) is 37.0. The number of aliphatic carboxylic acids is 2. The van der Waals surface area contributed by atoms with E-state index in [9.17, 15) is 29.4 Å². The van der Waals surface area contributed by atoms with Gasteiger partial charge in [0, 0.05) is 26.2 Å². The van der Waals surface area contributed by atoms with E-state index in [0.717, 1.165) is 0 Å². The first kappa shape index (κ1) is 27.8. The van der Waals surface area contributed by atoms with Crippen molar-refractivity contribution in [2.45, 2.75) is 26.2 Å². The molecule has 0 aliphatic rings. The van der Waals surface area contributed by atoms with Gasteiger partial charge >= 0.3 is 23.9 Å². The van der Waals surface area contributed by atoms with E-state index in [1.54, 1.807) is 40.1 Å². The largest absolute Gasteiger partial charge is 0.480 e. The Bertz CT molecular complexity index is 1240. The highest BCUT2D eigenvalue weighted by Crippen LogP contribution is 2.12. The normalized spacial score (nSPS) is 11.0. The van der Waals surface area contributed by atoms with Gasteiger partial charge in [0.2, 0.25) is 0 Å². The van der Waals surface area contributed by atoms with Crippen molar-refractivity contribution in [2.24, 2.45) is 0 Å².